The van der Waals surface area contributed by atoms with Crippen molar-refractivity contribution in [3.63, 3.8) is 0 Å². The van der Waals surface area contributed by atoms with Gasteiger partial charge in [-0.3, -0.25) is 19.3 Å². The van der Waals surface area contributed by atoms with Crippen molar-refractivity contribution in [3.05, 3.63) is 70.2 Å². The minimum Gasteiger partial charge on any atom is -0.508 e. The van der Waals surface area contributed by atoms with Gasteiger partial charge >= 0.3 is 0 Å². The maximum atomic E-state index is 13.9. The van der Waals surface area contributed by atoms with E-state index in [1.807, 2.05) is 39.8 Å². The zero-order valence-electron chi connectivity index (χ0n) is 19.3. The van der Waals surface area contributed by atoms with Crippen LogP contribution >= 0.6 is 11.5 Å². The maximum Gasteiger partial charge on any atom is 0.273 e. The van der Waals surface area contributed by atoms with Crippen LogP contribution in [0.15, 0.2) is 48.5 Å². The number of nitrogens with one attached hydrogen (secondary N) is 1. The van der Waals surface area contributed by atoms with Crippen LogP contribution < -0.4 is 21.7 Å². The summed E-state index contributed by atoms with van der Waals surface area (Å²) < 4.78 is 3.94. The largest absolute Gasteiger partial charge is 0.508 e. The number of hydrogen-bond donors (Lipinski definition) is 4. The summed E-state index contributed by atoms with van der Waals surface area (Å²) in [5.74, 6) is -1.88. The van der Waals surface area contributed by atoms with Crippen LogP contribution in [0.4, 0.5) is 11.4 Å². The molecule has 0 radical (unpaired) electrons. The van der Waals surface area contributed by atoms with Gasteiger partial charge in [-0.25, -0.2) is 0 Å². The zero-order valence-corrected chi connectivity index (χ0v) is 20.1. The number of hydrogen-bond acceptors (Lipinski definition) is 7. The lowest BCUT2D eigenvalue weighted by molar-refractivity contribution is -0.123. The second-order valence-corrected chi connectivity index (χ2v) is 9.61. The van der Waals surface area contributed by atoms with Crippen LogP contribution in [-0.4, -0.2) is 32.7 Å². The number of nitrogen functional groups attached to an aromatic ring is 1. The number of phenols is 1. The minimum absolute atomic E-state index is 0.00982. The first-order valence-electron chi connectivity index (χ1n) is 10.5. The highest BCUT2D eigenvalue weighted by Gasteiger charge is 2.37. The van der Waals surface area contributed by atoms with E-state index in [4.69, 9.17) is 11.5 Å². The number of phenolic OH excluding ortho intramolecular Hbond substituents is 1. The summed E-state index contributed by atoms with van der Waals surface area (Å²) >= 11 is 0.743. The van der Waals surface area contributed by atoms with Crippen molar-refractivity contribution in [2.75, 3.05) is 10.6 Å². The number of amides is 3. The highest BCUT2D eigenvalue weighted by Crippen LogP contribution is 2.35. The van der Waals surface area contributed by atoms with E-state index in [2.05, 4.69) is 9.69 Å². The lowest BCUT2D eigenvalue weighted by Gasteiger charge is -2.34. The Balaban J connectivity index is 2.25. The van der Waals surface area contributed by atoms with Gasteiger partial charge in [0.2, 0.25) is 5.91 Å². The zero-order chi connectivity index (χ0) is 25.2. The van der Waals surface area contributed by atoms with Crippen molar-refractivity contribution >= 4 is 40.6 Å². The highest BCUT2D eigenvalue weighted by atomic mass is 32.1. The molecule has 0 aliphatic heterocycles. The van der Waals surface area contributed by atoms with Gasteiger partial charge in [-0.15, -0.1) is 0 Å². The normalized spacial score (nSPS) is 12.1. The average molecular weight is 482 g/mol. The molecule has 34 heavy (non-hydrogen) atoms. The number of primary amides is 1. The van der Waals surface area contributed by atoms with Crippen LogP contribution in [0.3, 0.4) is 0 Å². The molecular weight excluding hydrogens is 454 g/mol. The van der Waals surface area contributed by atoms with Crippen molar-refractivity contribution in [3.8, 4) is 5.75 Å². The van der Waals surface area contributed by atoms with Gasteiger partial charge in [-0.2, -0.15) is 4.37 Å². The second-order valence-electron chi connectivity index (χ2n) is 8.83. The van der Waals surface area contributed by atoms with E-state index in [1.165, 1.54) is 17.0 Å². The lowest BCUT2D eigenvalue weighted by atomic mass is 9.99. The van der Waals surface area contributed by atoms with Crippen molar-refractivity contribution in [2.45, 2.75) is 39.3 Å². The van der Waals surface area contributed by atoms with Gasteiger partial charge in [0.25, 0.3) is 11.8 Å². The minimum atomic E-state index is -1.12. The highest BCUT2D eigenvalue weighted by molar-refractivity contribution is 7.09. The first-order chi connectivity index (χ1) is 15.9. The Hall–Kier alpha value is -3.92. The lowest BCUT2D eigenvalue weighted by Crippen LogP contribution is -2.49. The molecule has 0 spiro atoms. The number of carbonyl (C=O) groups excluding carboxylic acids is 3. The first-order valence-corrected chi connectivity index (χ1v) is 11.2. The van der Waals surface area contributed by atoms with Crippen molar-refractivity contribution in [1.82, 2.24) is 9.69 Å². The fourth-order valence-electron chi connectivity index (χ4n) is 3.45. The van der Waals surface area contributed by atoms with E-state index in [9.17, 15) is 19.5 Å². The van der Waals surface area contributed by atoms with Crippen LogP contribution in [0.5, 0.6) is 5.75 Å². The van der Waals surface area contributed by atoms with Gasteiger partial charge < -0.3 is 21.9 Å². The quantitative estimate of drug-likeness (QED) is 0.424. The molecule has 1 unspecified atom stereocenters. The molecule has 0 fully saturated rings. The van der Waals surface area contributed by atoms with Gasteiger partial charge in [0.05, 0.1) is 5.69 Å². The Kier molecular flexibility index (Phi) is 6.92. The van der Waals surface area contributed by atoms with Crippen LogP contribution in [0.2, 0.25) is 0 Å². The number of aromatic hydroxyl groups is 1. The standard InChI is InChI=1S/C24H27N5O4S/c1-13-7-5-6-8-16(13)29(23(33)20-17(25)18(21(26)31)28-34-20)19(22(32)27-24(2,3)4)14-9-11-15(30)12-10-14/h5-12,19,30H,25H2,1-4H3,(H2,26,31)(H,27,32). The summed E-state index contributed by atoms with van der Waals surface area (Å²) in [5, 5.41) is 12.7. The fourth-order valence-corrected chi connectivity index (χ4v) is 4.19. The number of para-hydroxylation sites is 1. The van der Waals surface area contributed by atoms with Gasteiger partial charge in [-0.05, 0) is 68.6 Å². The average Bonchev–Trinajstić information content (AvgIpc) is 3.13. The number of rotatable bonds is 6. The molecule has 0 aliphatic carbocycles. The van der Waals surface area contributed by atoms with Crippen LogP contribution in [0.1, 0.15) is 58.1 Å². The summed E-state index contributed by atoms with van der Waals surface area (Å²) in [5.41, 5.74) is 12.2. The van der Waals surface area contributed by atoms with Gasteiger partial charge in [-0.1, -0.05) is 30.3 Å². The Bertz CT molecular complexity index is 1230. The molecule has 0 bridgehead atoms. The van der Waals surface area contributed by atoms with Crippen LogP contribution in [-0.2, 0) is 4.79 Å². The van der Waals surface area contributed by atoms with E-state index in [-0.39, 0.29) is 22.0 Å². The maximum absolute atomic E-state index is 13.9. The summed E-state index contributed by atoms with van der Waals surface area (Å²) in [7, 11) is 0. The first kappa shape index (κ1) is 24.7. The van der Waals surface area contributed by atoms with E-state index in [1.54, 1.807) is 24.3 Å². The summed E-state index contributed by atoms with van der Waals surface area (Å²) in [4.78, 5) is 40.6. The molecule has 2 aromatic carbocycles. The third-order valence-electron chi connectivity index (χ3n) is 4.96. The predicted octanol–water partition coefficient (Wildman–Crippen LogP) is 3.14. The molecule has 0 saturated heterocycles. The monoisotopic (exact) mass is 481 g/mol. The predicted molar refractivity (Wildman–Crippen MR) is 132 cm³/mol. The number of aryl methyl sites for hydroxylation is 1. The summed E-state index contributed by atoms with van der Waals surface area (Å²) in [6.45, 7) is 7.31. The molecule has 1 atom stereocenters. The third-order valence-corrected chi connectivity index (χ3v) is 5.81. The molecule has 1 aromatic heterocycles. The second kappa shape index (κ2) is 9.52. The van der Waals surface area contributed by atoms with E-state index in [0.29, 0.717) is 11.3 Å². The Morgan fingerprint density at radius 2 is 1.71 bits per heavy atom. The van der Waals surface area contributed by atoms with Crippen molar-refractivity contribution < 1.29 is 19.5 Å². The summed E-state index contributed by atoms with van der Waals surface area (Å²) in [6.07, 6.45) is 0. The Morgan fingerprint density at radius 3 is 2.24 bits per heavy atom. The van der Waals surface area contributed by atoms with Gasteiger partial charge in [0, 0.05) is 11.2 Å². The molecule has 6 N–H and O–H groups in total. The van der Waals surface area contributed by atoms with Crippen LogP contribution in [0.25, 0.3) is 0 Å². The molecular formula is C24H27N5O4S. The molecule has 3 rings (SSSR count). The molecule has 0 saturated carbocycles. The van der Waals surface area contributed by atoms with E-state index >= 15 is 0 Å². The Morgan fingerprint density at radius 1 is 1.09 bits per heavy atom. The molecule has 0 aliphatic rings. The topological polar surface area (TPSA) is 152 Å². The molecule has 3 amide bonds. The molecule has 1 heterocycles. The smallest absolute Gasteiger partial charge is 0.273 e. The summed E-state index contributed by atoms with van der Waals surface area (Å²) in [6, 6.07) is 12.0. The van der Waals surface area contributed by atoms with Gasteiger partial charge in [0.1, 0.15) is 16.7 Å². The van der Waals surface area contributed by atoms with Gasteiger partial charge in [0.15, 0.2) is 5.69 Å². The molecule has 10 heteroatoms. The van der Waals surface area contributed by atoms with E-state index < -0.39 is 29.3 Å². The fraction of sp³-hybridized carbons (Fsp3) is 0.250. The Labute approximate surface area is 201 Å². The number of nitrogens with two attached hydrogens (primary N) is 2. The number of carbonyl (C=O) groups is 3. The number of anilines is 2. The number of aromatic nitrogens is 1. The third kappa shape index (κ3) is 5.18. The van der Waals surface area contributed by atoms with Crippen LogP contribution in [0, 0.1) is 6.92 Å². The SMILES string of the molecule is Cc1ccccc1N(C(=O)c1snc(C(N)=O)c1N)C(C(=O)NC(C)(C)C)c1ccc(O)cc1. The van der Waals surface area contributed by atoms with Crippen molar-refractivity contribution in [2.24, 2.45) is 5.73 Å². The number of benzene rings is 2. The van der Waals surface area contributed by atoms with E-state index in [0.717, 1.165) is 17.1 Å². The molecule has 3 aromatic rings. The number of nitrogens with zero attached hydrogens (tertiary/aromatic N) is 2. The van der Waals surface area contributed by atoms with Crippen molar-refractivity contribution in [1.29, 1.82) is 0 Å². The molecule has 9 nitrogen and oxygen atoms in total. The molecule has 178 valence electrons.